The van der Waals surface area contributed by atoms with Crippen molar-refractivity contribution in [2.75, 3.05) is 30.7 Å². The largest absolute Gasteiger partial charge is 0.357 e. The molecule has 0 aromatic heterocycles. The summed E-state index contributed by atoms with van der Waals surface area (Å²) in [5, 5.41) is 2.60. The lowest BCUT2D eigenvalue weighted by Crippen LogP contribution is -2.48. The van der Waals surface area contributed by atoms with Crippen LogP contribution in [0.4, 0.5) is 5.69 Å². The summed E-state index contributed by atoms with van der Waals surface area (Å²) in [4.78, 5) is 26.8. The van der Waals surface area contributed by atoms with Crippen molar-refractivity contribution in [3.8, 4) is 0 Å². The molecule has 2 rings (SSSR count). The summed E-state index contributed by atoms with van der Waals surface area (Å²) in [6, 6.07) is 16.4. The fourth-order valence-corrected chi connectivity index (χ4v) is 4.63. The summed E-state index contributed by atoms with van der Waals surface area (Å²) < 4.78 is 26.1. The van der Waals surface area contributed by atoms with Crippen LogP contribution in [0.1, 0.15) is 30.9 Å². The molecule has 7 nitrogen and oxygen atoms in total. The lowest BCUT2D eigenvalue weighted by atomic mass is 10.1. The summed E-state index contributed by atoms with van der Waals surface area (Å²) in [6.07, 6.45) is 2.30. The molecule has 0 spiro atoms. The van der Waals surface area contributed by atoms with E-state index in [1.54, 1.807) is 31.0 Å². The Bertz CT molecular complexity index is 1010. The number of rotatable bonds is 11. The molecule has 0 fully saturated rings. The van der Waals surface area contributed by atoms with Crippen LogP contribution in [0.25, 0.3) is 0 Å². The first-order valence-electron chi connectivity index (χ1n) is 10.7. The molecule has 0 aliphatic rings. The lowest BCUT2D eigenvalue weighted by Gasteiger charge is -2.29. The van der Waals surface area contributed by atoms with Crippen molar-refractivity contribution in [1.82, 2.24) is 10.2 Å². The summed E-state index contributed by atoms with van der Waals surface area (Å²) in [7, 11) is -1.95. The number of hydrogen-bond donors (Lipinski definition) is 1. The van der Waals surface area contributed by atoms with Crippen LogP contribution in [-0.2, 0) is 26.0 Å². The summed E-state index contributed by atoms with van der Waals surface area (Å²) in [5.41, 5.74) is 2.54. The molecule has 0 saturated heterocycles. The van der Waals surface area contributed by atoms with Gasteiger partial charge in [-0.15, -0.1) is 0 Å². The van der Waals surface area contributed by atoms with Gasteiger partial charge >= 0.3 is 0 Å². The van der Waals surface area contributed by atoms with E-state index in [9.17, 15) is 18.0 Å². The maximum Gasteiger partial charge on any atom is 0.242 e. The third kappa shape index (κ3) is 7.09. The van der Waals surface area contributed by atoms with Crippen LogP contribution in [0.2, 0.25) is 0 Å². The van der Waals surface area contributed by atoms with Gasteiger partial charge in [0.1, 0.15) is 6.04 Å². The van der Waals surface area contributed by atoms with Crippen LogP contribution in [0.15, 0.2) is 54.6 Å². The zero-order chi connectivity index (χ0) is 23.7. The topological polar surface area (TPSA) is 86.8 Å². The Morgan fingerprint density at radius 2 is 1.62 bits per heavy atom. The van der Waals surface area contributed by atoms with E-state index in [0.29, 0.717) is 25.1 Å². The van der Waals surface area contributed by atoms with E-state index >= 15 is 0 Å². The van der Waals surface area contributed by atoms with E-state index < -0.39 is 16.1 Å². The first-order chi connectivity index (χ1) is 15.1. The minimum atomic E-state index is -3.49. The van der Waals surface area contributed by atoms with E-state index in [0.717, 1.165) is 11.1 Å². The molecule has 2 amide bonds. The highest BCUT2D eigenvalue weighted by atomic mass is 32.2. The van der Waals surface area contributed by atoms with E-state index in [2.05, 4.69) is 5.32 Å². The standard InChI is InChI=1S/C24H33N3O4S/c1-19-11-8-9-14-22(19)27(32(4,30)31)17-10-15-23(28)26(20(2)24(29)25-3)18-16-21-12-6-5-7-13-21/h5-9,11-14,20H,10,15-18H2,1-4H3,(H,25,29)/t20-/m0/s1. The molecular weight excluding hydrogens is 426 g/mol. The fourth-order valence-electron chi connectivity index (χ4n) is 3.60. The molecule has 0 radical (unpaired) electrons. The Kier molecular flexibility index (Phi) is 9.26. The number of likely N-dealkylation sites (N-methyl/N-ethyl adjacent to an activating group) is 1. The molecule has 0 bridgehead atoms. The summed E-state index contributed by atoms with van der Waals surface area (Å²) in [5.74, 6) is -0.403. The monoisotopic (exact) mass is 459 g/mol. The number of carbonyl (C=O) groups excluding carboxylic acids is 2. The number of amides is 2. The van der Waals surface area contributed by atoms with Crippen molar-refractivity contribution < 1.29 is 18.0 Å². The Balaban J connectivity index is 2.08. The third-order valence-electron chi connectivity index (χ3n) is 5.43. The Morgan fingerprint density at radius 1 is 1.00 bits per heavy atom. The highest BCUT2D eigenvalue weighted by Crippen LogP contribution is 2.22. The average Bonchev–Trinajstić information content (AvgIpc) is 2.76. The van der Waals surface area contributed by atoms with Gasteiger partial charge in [0.15, 0.2) is 0 Å². The second kappa shape index (κ2) is 11.7. The summed E-state index contributed by atoms with van der Waals surface area (Å²) >= 11 is 0. The van der Waals surface area contributed by atoms with E-state index in [1.807, 2.05) is 49.4 Å². The van der Waals surface area contributed by atoms with Crippen LogP contribution in [0.3, 0.4) is 0 Å². The smallest absolute Gasteiger partial charge is 0.242 e. The van der Waals surface area contributed by atoms with Crippen LogP contribution in [0, 0.1) is 6.92 Å². The van der Waals surface area contributed by atoms with Gasteiger partial charge in [0.2, 0.25) is 21.8 Å². The molecule has 0 heterocycles. The number of benzene rings is 2. The van der Waals surface area contributed by atoms with Crippen LogP contribution in [0.5, 0.6) is 0 Å². The number of aryl methyl sites for hydroxylation is 1. The molecule has 0 aliphatic heterocycles. The Labute approximate surface area is 191 Å². The molecule has 8 heteroatoms. The SMILES string of the molecule is CNC(=O)[C@H](C)N(CCc1ccccc1)C(=O)CCCN(c1ccccc1C)S(C)(=O)=O. The van der Waals surface area contributed by atoms with Gasteiger partial charge in [0, 0.05) is 26.6 Å². The first kappa shape index (κ1) is 25.4. The fraction of sp³-hybridized carbons (Fsp3) is 0.417. The molecule has 2 aromatic carbocycles. The predicted octanol–water partition coefficient (Wildman–Crippen LogP) is 2.75. The van der Waals surface area contributed by atoms with Gasteiger partial charge in [0.05, 0.1) is 11.9 Å². The average molecular weight is 460 g/mol. The maximum atomic E-state index is 13.0. The molecule has 2 aromatic rings. The van der Waals surface area contributed by atoms with E-state index in [1.165, 1.54) is 10.6 Å². The highest BCUT2D eigenvalue weighted by molar-refractivity contribution is 7.92. The minimum absolute atomic E-state index is 0.147. The minimum Gasteiger partial charge on any atom is -0.357 e. The number of nitrogens with zero attached hydrogens (tertiary/aromatic N) is 2. The zero-order valence-electron chi connectivity index (χ0n) is 19.2. The second-order valence-corrected chi connectivity index (χ2v) is 9.74. The normalized spacial score (nSPS) is 12.1. The van der Waals surface area contributed by atoms with Gasteiger partial charge < -0.3 is 10.2 Å². The predicted molar refractivity (Wildman–Crippen MR) is 128 cm³/mol. The van der Waals surface area contributed by atoms with Gasteiger partial charge in [-0.1, -0.05) is 48.5 Å². The van der Waals surface area contributed by atoms with Crippen molar-refractivity contribution in [2.45, 2.75) is 39.2 Å². The number of carbonyl (C=O) groups is 2. The van der Waals surface area contributed by atoms with Crippen molar-refractivity contribution in [3.63, 3.8) is 0 Å². The Hall–Kier alpha value is -2.87. The van der Waals surface area contributed by atoms with Gasteiger partial charge in [-0.3, -0.25) is 13.9 Å². The molecule has 0 aliphatic carbocycles. The number of nitrogens with one attached hydrogen (secondary N) is 1. The molecule has 174 valence electrons. The zero-order valence-corrected chi connectivity index (χ0v) is 20.1. The highest BCUT2D eigenvalue weighted by Gasteiger charge is 2.25. The second-order valence-electron chi connectivity index (χ2n) is 7.84. The molecule has 0 unspecified atom stereocenters. The van der Waals surface area contributed by atoms with Crippen LogP contribution in [-0.4, -0.2) is 57.6 Å². The van der Waals surface area contributed by atoms with E-state index in [4.69, 9.17) is 0 Å². The van der Waals surface area contributed by atoms with Crippen molar-refractivity contribution in [3.05, 3.63) is 65.7 Å². The number of para-hydroxylation sites is 1. The van der Waals surface area contributed by atoms with E-state index in [-0.39, 0.29) is 24.8 Å². The van der Waals surface area contributed by atoms with Gasteiger partial charge in [-0.05, 0) is 43.9 Å². The van der Waals surface area contributed by atoms with Gasteiger partial charge in [0.25, 0.3) is 0 Å². The maximum absolute atomic E-state index is 13.0. The Morgan fingerprint density at radius 3 is 2.22 bits per heavy atom. The van der Waals surface area contributed by atoms with Crippen molar-refractivity contribution in [2.24, 2.45) is 0 Å². The number of anilines is 1. The molecule has 1 atom stereocenters. The molecule has 0 saturated carbocycles. The van der Waals surface area contributed by atoms with Crippen molar-refractivity contribution in [1.29, 1.82) is 0 Å². The number of hydrogen-bond acceptors (Lipinski definition) is 4. The molecule has 32 heavy (non-hydrogen) atoms. The lowest BCUT2D eigenvalue weighted by molar-refractivity contribution is -0.139. The molecular formula is C24H33N3O4S. The quantitative estimate of drug-likeness (QED) is 0.560. The first-order valence-corrected chi connectivity index (χ1v) is 12.6. The van der Waals surface area contributed by atoms with Crippen molar-refractivity contribution >= 4 is 27.5 Å². The summed E-state index contributed by atoms with van der Waals surface area (Å²) in [6.45, 7) is 4.16. The van der Waals surface area contributed by atoms with Gasteiger partial charge in [-0.2, -0.15) is 0 Å². The van der Waals surface area contributed by atoms with Crippen LogP contribution < -0.4 is 9.62 Å². The number of sulfonamides is 1. The van der Waals surface area contributed by atoms with Crippen LogP contribution >= 0.6 is 0 Å². The molecule has 1 N–H and O–H groups in total. The van der Waals surface area contributed by atoms with Gasteiger partial charge in [-0.25, -0.2) is 8.42 Å². The third-order valence-corrected chi connectivity index (χ3v) is 6.61.